The summed E-state index contributed by atoms with van der Waals surface area (Å²) in [5.41, 5.74) is 13.8. The zero-order chi connectivity index (χ0) is 26.1. The molecule has 0 aliphatic heterocycles. The van der Waals surface area contributed by atoms with Crippen molar-refractivity contribution >= 4 is 10.0 Å². The molecule has 0 saturated heterocycles. The summed E-state index contributed by atoms with van der Waals surface area (Å²) in [5.74, 6) is 0.653. The smallest absolute Gasteiger partial charge is 0.672 e. The molecule has 0 heterocycles. The first-order valence-electron chi connectivity index (χ1n) is 12.1. The van der Waals surface area contributed by atoms with E-state index in [1.165, 1.54) is 11.1 Å². The van der Waals surface area contributed by atoms with E-state index in [0.717, 1.165) is 11.1 Å². The molecule has 4 aromatic carbocycles. The van der Waals surface area contributed by atoms with Crippen LogP contribution in [0.25, 0.3) is 10.5 Å². The SMILES string of the molecule is Cc1ccc(C(C)C)cc1.Cc1ccc(S(=O)(=O)[N-][C@H](c2ccccc2)[C@H]([NH-])c2ccccc2)cc1.[Ru+2]. The van der Waals surface area contributed by atoms with Crippen molar-refractivity contribution in [3.05, 3.63) is 147 Å². The Balaban J connectivity index is 0.000000369. The minimum Gasteiger partial charge on any atom is -0.672 e. The van der Waals surface area contributed by atoms with Gasteiger partial charge in [-0.3, -0.25) is 0 Å². The van der Waals surface area contributed by atoms with E-state index >= 15 is 0 Å². The zero-order valence-electron chi connectivity index (χ0n) is 21.6. The molecule has 0 aliphatic rings. The molecule has 0 unspecified atom stereocenters. The largest absolute Gasteiger partial charge is 2.00 e. The summed E-state index contributed by atoms with van der Waals surface area (Å²) >= 11 is 0. The Morgan fingerprint density at radius 1 is 0.622 bits per heavy atom. The molecule has 4 aromatic rings. The molecule has 0 aliphatic carbocycles. The Morgan fingerprint density at radius 3 is 1.51 bits per heavy atom. The van der Waals surface area contributed by atoms with Gasteiger partial charge in [-0.1, -0.05) is 133 Å². The first-order chi connectivity index (χ1) is 17.2. The molecule has 4 rings (SSSR count). The number of hydrogen-bond donors (Lipinski definition) is 0. The van der Waals surface area contributed by atoms with Crippen LogP contribution in [0.15, 0.2) is 114 Å². The zero-order valence-corrected chi connectivity index (χ0v) is 24.2. The van der Waals surface area contributed by atoms with Gasteiger partial charge in [-0.2, -0.15) is 0 Å². The van der Waals surface area contributed by atoms with Gasteiger partial charge in [-0.25, -0.2) is 8.42 Å². The van der Waals surface area contributed by atoms with Gasteiger partial charge in [0.15, 0.2) is 0 Å². The van der Waals surface area contributed by atoms with Crippen LogP contribution in [0.4, 0.5) is 0 Å². The average molecular weight is 600 g/mol. The molecule has 6 heteroatoms. The Labute approximate surface area is 235 Å². The summed E-state index contributed by atoms with van der Waals surface area (Å²) in [5, 5.41) is 0. The van der Waals surface area contributed by atoms with Crippen LogP contribution in [0, 0.1) is 13.8 Å². The maximum Gasteiger partial charge on any atom is 2.00 e. The van der Waals surface area contributed by atoms with Crippen LogP contribution < -0.4 is 0 Å². The number of sulfonamides is 1. The van der Waals surface area contributed by atoms with E-state index in [-0.39, 0.29) is 24.4 Å². The summed E-state index contributed by atoms with van der Waals surface area (Å²) in [6, 6.07) is 32.0. The van der Waals surface area contributed by atoms with Crippen molar-refractivity contribution in [3.63, 3.8) is 0 Å². The van der Waals surface area contributed by atoms with Gasteiger partial charge in [0.2, 0.25) is 0 Å². The van der Waals surface area contributed by atoms with Gasteiger partial charge < -0.3 is 10.5 Å². The molecule has 4 nitrogen and oxygen atoms in total. The van der Waals surface area contributed by atoms with Crippen LogP contribution >= 0.6 is 0 Å². The minimum absolute atomic E-state index is 0. The molecule has 0 spiro atoms. The fourth-order valence-corrected chi connectivity index (χ4v) is 4.82. The van der Waals surface area contributed by atoms with Crippen molar-refractivity contribution in [2.45, 2.75) is 50.6 Å². The third-order valence-corrected chi connectivity index (χ3v) is 7.30. The van der Waals surface area contributed by atoms with Crippen LogP contribution in [-0.2, 0) is 29.5 Å². The molecule has 37 heavy (non-hydrogen) atoms. The predicted molar refractivity (Wildman–Crippen MR) is 150 cm³/mol. The number of rotatable bonds is 7. The van der Waals surface area contributed by atoms with Crippen LogP contribution in [0.5, 0.6) is 0 Å². The summed E-state index contributed by atoms with van der Waals surface area (Å²) in [6.07, 6.45) is 0. The van der Waals surface area contributed by atoms with Crippen LogP contribution in [0.1, 0.15) is 59.7 Å². The van der Waals surface area contributed by atoms with Crippen molar-refractivity contribution in [2.75, 3.05) is 0 Å². The molecule has 1 N–H and O–H groups in total. The number of nitrogens with one attached hydrogen (secondary N) is 1. The van der Waals surface area contributed by atoms with E-state index in [4.69, 9.17) is 5.73 Å². The molecular weight excluding hydrogens is 565 g/mol. The summed E-state index contributed by atoms with van der Waals surface area (Å²) in [7, 11) is -3.87. The third-order valence-electron chi connectivity index (χ3n) is 5.93. The van der Waals surface area contributed by atoms with Crippen LogP contribution in [0.2, 0.25) is 0 Å². The van der Waals surface area contributed by atoms with Gasteiger partial charge in [0.05, 0.1) is 0 Å². The second kappa shape index (κ2) is 14.3. The van der Waals surface area contributed by atoms with Gasteiger partial charge in [-0.15, -0.1) is 12.1 Å². The van der Waals surface area contributed by atoms with E-state index in [9.17, 15) is 8.42 Å². The number of benzene rings is 4. The summed E-state index contributed by atoms with van der Waals surface area (Å²) < 4.78 is 29.8. The van der Waals surface area contributed by atoms with Crippen molar-refractivity contribution in [3.8, 4) is 0 Å². The molecule has 0 aromatic heterocycles. The second-order valence-corrected chi connectivity index (χ2v) is 10.8. The standard InChI is InChI=1S/C21H20N2O2S.C10H14.Ru/c1-16-12-14-19(15-13-16)26(24,25)23-21(18-10-6-3-7-11-18)20(22)17-8-4-2-5-9-17;1-8(2)10-6-4-9(3)5-7-10;/h2-15,20-22H,1H3;4-8H,1-3H3;/q-2;;+2/t20-,21-;;/m1../s1. The van der Waals surface area contributed by atoms with Crippen LogP contribution in [0.3, 0.4) is 0 Å². The van der Waals surface area contributed by atoms with Gasteiger partial charge in [-0.05, 0) is 37.5 Å². The Bertz CT molecular complexity index is 1310. The van der Waals surface area contributed by atoms with Crippen molar-refractivity contribution in [1.82, 2.24) is 0 Å². The summed E-state index contributed by atoms with van der Waals surface area (Å²) in [4.78, 5) is 0.143. The number of nitrogens with zero attached hydrogens (tertiary/aromatic N) is 1. The fraction of sp³-hybridized carbons (Fsp3) is 0.226. The molecule has 0 fully saturated rings. The van der Waals surface area contributed by atoms with E-state index in [1.807, 2.05) is 67.6 Å². The molecule has 0 amide bonds. The van der Waals surface area contributed by atoms with E-state index in [1.54, 1.807) is 24.3 Å². The number of aryl methyl sites for hydroxylation is 2. The molecule has 2 atom stereocenters. The quantitative estimate of drug-likeness (QED) is 0.199. The van der Waals surface area contributed by atoms with E-state index in [0.29, 0.717) is 11.5 Å². The molecule has 0 saturated carbocycles. The monoisotopic (exact) mass is 600 g/mol. The second-order valence-electron chi connectivity index (χ2n) is 9.20. The maximum atomic E-state index is 12.8. The maximum absolute atomic E-state index is 12.8. The van der Waals surface area contributed by atoms with Crippen LogP contribution in [-0.4, -0.2) is 8.42 Å². The first-order valence-corrected chi connectivity index (χ1v) is 13.5. The van der Waals surface area contributed by atoms with Gasteiger partial charge in [0.1, 0.15) is 10.0 Å². The Kier molecular flexibility index (Phi) is 11.9. The van der Waals surface area contributed by atoms with E-state index in [2.05, 4.69) is 49.8 Å². The fourth-order valence-electron chi connectivity index (χ4n) is 3.68. The average Bonchev–Trinajstić information content (AvgIpc) is 2.89. The predicted octanol–water partition coefficient (Wildman–Crippen LogP) is 8.71. The molecular formula is C31H34N2O2RuS. The van der Waals surface area contributed by atoms with Crippen molar-refractivity contribution < 1.29 is 27.9 Å². The normalized spacial score (nSPS) is 12.6. The van der Waals surface area contributed by atoms with Crippen molar-refractivity contribution in [1.29, 1.82) is 0 Å². The number of hydrogen-bond acceptors (Lipinski definition) is 2. The minimum atomic E-state index is -3.87. The Hall–Kier alpha value is -2.63. The van der Waals surface area contributed by atoms with E-state index < -0.39 is 22.1 Å². The van der Waals surface area contributed by atoms with Gasteiger partial charge in [0, 0.05) is 4.90 Å². The molecule has 0 radical (unpaired) electrons. The third kappa shape index (κ3) is 9.01. The topological polar surface area (TPSA) is 72.0 Å². The Morgan fingerprint density at radius 2 is 1.05 bits per heavy atom. The first kappa shape index (κ1) is 30.6. The van der Waals surface area contributed by atoms with Gasteiger partial charge in [0.25, 0.3) is 0 Å². The molecule has 0 bridgehead atoms. The van der Waals surface area contributed by atoms with Gasteiger partial charge >= 0.3 is 19.5 Å². The molecule has 194 valence electrons. The van der Waals surface area contributed by atoms with Crippen molar-refractivity contribution in [2.24, 2.45) is 0 Å². The summed E-state index contributed by atoms with van der Waals surface area (Å²) in [6.45, 7) is 8.44.